The van der Waals surface area contributed by atoms with Crippen molar-refractivity contribution in [3.63, 3.8) is 0 Å². The van der Waals surface area contributed by atoms with Crippen LogP contribution in [0.15, 0.2) is 53.7 Å². The van der Waals surface area contributed by atoms with E-state index in [1.54, 1.807) is 47.5 Å². The Morgan fingerprint density at radius 2 is 1.75 bits per heavy atom. The zero-order valence-electron chi connectivity index (χ0n) is 17.9. The second-order valence-corrected chi connectivity index (χ2v) is 9.35. The van der Waals surface area contributed by atoms with Crippen molar-refractivity contribution in [2.75, 3.05) is 39.4 Å². The molecule has 9 nitrogen and oxygen atoms in total. The lowest BCUT2D eigenvalue weighted by Crippen LogP contribution is -2.51. The molecule has 1 aliphatic rings. The number of nitrogens with one attached hydrogen (secondary N) is 1. The maximum Gasteiger partial charge on any atom is 0.260 e. The summed E-state index contributed by atoms with van der Waals surface area (Å²) >= 11 is 0. The highest BCUT2D eigenvalue weighted by Crippen LogP contribution is 2.25. The van der Waals surface area contributed by atoms with E-state index in [2.05, 4.69) is 9.97 Å². The summed E-state index contributed by atoms with van der Waals surface area (Å²) in [7, 11) is -3.68. The molecule has 1 aliphatic heterocycles. The van der Waals surface area contributed by atoms with Gasteiger partial charge < -0.3 is 19.4 Å². The number of aromatic amines is 1. The third kappa shape index (κ3) is 4.71. The first-order valence-corrected chi connectivity index (χ1v) is 12.0. The zero-order valence-corrected chi connectivity index (χ0v) is 18.7. The summed E-state index contributed by atoms with van der Waals surface area (Å²) in [4.78, 5) is 21.4. The Morgan fingerprint density at radius 1 is 1.06 bits per heavy atom. The number of ether oxygens (including phenoxy) is 2. The minimum atomic E-state index is -3.68. The number of amides is 1. The van der Waals surface area contributed by atoms with Crippen LogP contribution in [0.5, 0.6) is 11.5 Å². The van der Waals surface area contributed by atoms with Crippen LogP contribution in [0.3, 0.4) is 0 Å². The van der Waals surface area contributed by atoms with E-state index in [0.717, 1.165) is 12.2 Å². The lowest BCUT2D eigenvalue weighted by Gasteiger charge is -2.33. The van der Waals surface area contributed by atoms with E-state index in [1.807, 2.05) is 6.92 Å². The number of piperazine rings is 1. The molecule has 3 aromatic rings. The molecule has 1 N–H and O–H groups in total. The Balaban J connectivity index is 1.31. The standard InChI is InChI=1S/C22H26N4O5S/c1-2-14-30-17-5-7-18(8-6-17)31-16-21(27)25-10-12-26(13-11-25)32(28,29)20-15-24-22-19(20)4-3-9-23-22/h3-9,15H,2,10-14,16H2,1H3,(H,23,24). The summed E-state index contributed by atoms with van der Waals surface area (Å²) < 4.78 is 38.7. The van der Waals surface area contributed by atoms with Crippen LogP contribution in [-0.2, 0) is 14.8 Å². The lowest BCUT2D eigenvalue weighted by molar-refractivity contribution is -0.134. The Bertz CT molecular complexity index is 1170. The first-order chi connectivity index (χ1) is 15.5. The monoisotopic (exact) mass is 458 g/mol. The van der Waals surface area contributed by atoms with Gasteiger partial charge in [0.25, 0.3) is 5.91 Å². The molecule has 2 aromatic heterocycles. The molecule has 1 amide bonds. The average Bonchev–Trinajstić information content (AvgIpc) is 3.27. The van der Waals surface area contributed by atoms with Gasteiger partial charge in [-0.1, -0.05) is 6.92 Å². The highest BCUT2D eigenvalue weighted by atomic mass is 32.2. The fourth-order valence-electron chi connectivity index (χ4n) is 3.55. The van der Waals surface area contributed by atoms with Gasteiger partial charge in [-0.3, -0.25) is 4.79 Å². The maximum absolute atomic E-state index is 13.1. The van der Waals surface area contributed by atoms with Crippen molar-refractivity contribution in [2.45, 2.75) is 18.2 Å². The number of carbonyl (C=O) groups excluding carboxylic acids is 1. The number of fused-ring (bicyclic) bond motifs is 1. The minimum Gasteiger partial charge on any atom is -0.494 e. The first kappa shape index (κ1) is 22.1. The van der Waals surface area contributed by atoms with Gasteiger partial charge in [0.1, 0.15) is 22.0 Å². The number of aromatic nitrogens is 2. The van der Waals surface area contributed by atoms with Crippen molar-refractivity contribution in [3.8, 4) is 11.5 Å². The molecule has 10 heteroatoms. The molecule has 0 aliphatic carbocycles. The summed E-state index contributed by atoms with van der Waals surface area (Å²) in [5.41, 5.74) is 0.530. The number of hydrogen-bond acceptors (Lipinski definition) is 6. The topological polar surface area (TPSA) is 105 Å². The van der Waals surface area contributed by atoms with E-state index in [4.69, 9.17) is 9.47 Å². The van der Waals surface area contributed by atoms with Crippen LogP contribution in [0.25, 0.3) is 11.0 Å². The van der Waals surface area contributed by atoms with Gasteiger partial charge >= 0.3 is 0 Å². The number of carbonyl (C=O) groups is 1. The van der Waals surface area contributed by atoms with Gasteiger partial charge in [0.15, 0.2) is 6.61 Å². The van der Waals surface area contributed by atoms with Crippen LogP contribution in [0.4, 0.5) is 0 Å². The SMILES string of the molecule is CCCOc1ccc(OCC(=O)N2CCN(S(=O)(=O)c3c[nH]c4ncccc34)CC2)cc1. The highest BCUT2D eigenvalue weighted by molar-refractivity contribution is 7.89. The summed E-state index contributed by atoms with van der Waals surface area (Å²) in [6.45, 7) is 3.66. The molecule has 32 heavy (non-hydrogen) atoms. The molecule has 0 spiro atoms. The van der Waals surface area contributed by atoms with Crippen LogP contribution < -0.4 is 9.47 Å². The van der Waals surface area contributed by atoms with Crippen molar-refractivity contribution < 1.29 is 22.7 Å². The highest BCUT2D eigenvalue weighted by Gasteiger charge is 2.32. The van der Waals surface area contributed by atoms with Crippen LogP contribution >= 0.6 is 0 Å². The second-order valence-electron chi connectivity index (χ2n) is 7.45. The molecule has 0 radical (unpaired) electrons. The summed E-state index contributed by atoms with van der Waals surface area (Å²) in [6.07, 6.45) is 4.01. The van der Waals surface area contributed by atoms with Crippen molar-refractivity contribution >= 4 is 27.0 Å². The van der Waals surface area contributed by atoms with Gasteiger partial charge in [-0.15, -0.1) is 0 Å². The van der Waals surface area contributed by atoms with Gasteiger partial charge in [-0.2, -0.15) is 4.31 Å². The molecule has 1 fully saturated rings. The molecule has 0 atom stereocenters. The van der Waals surface area contributed by atoms with Crippen molar-refractivity contribution in [3.05, 3.63) is 48.8 Å². The Labute approximate surface area is 187 Å². The molecule has 1 saturated heterocycles. The normalized spacial score (nSPS) is 15.1. The van der Waals surface area contributed by atoms with E-state index >= 15 is 0 Å². The quantitative estimate of drug-likeness (QED) is 0.555. The van der Waals surface area contributed by atoms with Crippen LogP contribution in [0.2, 0.25) is 0 Å². The fourth-order valence-corrected chi connectivity index (χ4v) is 5.12. The number of sulfonamides is 1. The Morgan fingerprint density at radius 3 is 2.44 bits per heavy atom. The van der Waals surface area contributed by atoms with Gasteiger partial charge in [-0.25, -0.2) is 13.4 Å². The van der Waals surface area contributed by atoms with Gasteiger partial charge in [0.05, 0.1) is 6.61 Å². The fraction of sp³-hybridized carbons (Fsp3) is 0.364. The Hall–Kier alpha value is -3.11. The van der Waals surface area contributed by atoms with E-state index in [9.17, 15) is 13.2 Å². The average molecular weight is 459 g/mol. The van der Waals surface area contributed by atoms with E-state index in [-0.39, 0.29) is 30.5 Å². The Kier molecular flexibility index (Phi) is 6.61. The number of benzene rings is 1. The van der Waals surface area contributed by atoms with Gasteiger partial charge in [0.2, 0.25) is 10.0 Å². The lowest BCUT2D eigenvalue weighted by atomic mass is 10.3. The smallest absolute Gasteiger partial charge is 0.260 e. The summed E-state index contributed by atoms with van der Waals surface area (Å²) in [5, 5.41) is 0.561. The van der Waals surface area contributed by atoms with Crippen molar-refractivity contribution in [1.82, 2.24) is 19.2 Å². The molecule has 0 unspecified atom stereocenters. The minimum absolute atomic E-state index is 0.101. The first-order valence-electron chi connectivity index (χ1n) is 10.5. The predicted molar refractivity (Wildman–Crippen MR) is 119 cm³/mol. The number of nitrogens with zero attached hydrogens (tertiary/aromatic N) is 3. The maximum atomic E-state index is 13.1. The van der Waals surface area contributed by atoms with E-state index in [1.165, 1.54) is 10.5 Å². The second kappa shape index (κ2) is 9.58. The molecule has 4 rings (SSSR count). The van der Waals surface area contributed by atoms with Crippen molar-refractivity contribution in [2.24, 2.45) is 0 Å². The molecule has 1 aromatic carbocycles. The molecular formula is C22H26N4O5S. The number of hydrogen-bond donors (Lipinski definition) is 1. The third-order valence-corrected chi connectivity index (χ3v) is 7.22. The molecule has 0 bridgehead atoms. The zero-order chi connectivity index (χ0) is 22.6. The molecular weight excluding hydrogens is 432 g/mol. The number of H-pyrrole nitrogens is 1. The largest absolute Gasteiger partial charge is 0.494 e. The van der Waals surface area contributed by atoms with Crippen LogP contribution in [0.1, 0.15) is 13.3 Å². The number of rotatable bonds is 8. The van der Waals surface area contributed by atoms with E-state index < -0.39 is 10.0 Å². The van der Waals surface area contributed by atoms with Crippen LogP contribution in [-0.4, -0.2) is 72.9 Å². The molecule has 170 valence electrons. The molecule has 3 heterocycles. The summed E-state index contributed by atoms with van der Waals surface area (Å²) in [5.74, 6) is 1.16. The third-order valence-electron chi connectivity index (χ3n) is 5.28. The summed E-state index contributed by atoms with van der Waals surface area (Å²) in [6, 6.07) is 10.6. The van der Waals surface area contributed by atoms with Gasteiger partial charge in [0, 0.05) is 44.0 Å². The van der Waals surface area contributed by atoms with Crippen molar-refractivity contribution in [1.29, 1.82) is 0 Å². The predicted octanol–water partition coefficient (Wildman–Crippen LogP) is 2.26. The molecule has 0 saturated carbocycles. The number of pyridine rings is 1. The van der Waals surface area contributed by atoms with E-state index in [0.29, 0.717) is 36.5 Å². The van der Waals surface area contributed by atoms with Crippen LogP contribution in [0, 0.1) is 0 Å². The van der Waals surface area contributed by atoms with Gasteiger partial charge in [-0.05, 0) is 42.8 Å².